The molecule has 0 spiro atoms. The molecule has 166 valence electrons. The van der Waals surface area contributed by atoms with E-state index in [9.17, 15) is 28.1 Å². The molecule has 1 fully saturated rings. The van der Waals surface area contributed by atoms with Crippen molar-refractivity contribution in [1.29, 1.82) is 0 Å². The zero-order valence-electron chi connectivity index (χ0n) is 16.8. The van der Waals surface area contributed by atoms with Gasteiger partial charge in [0, 0.05) is 25.2 Å². The number of hydrogen-bond acceptors (Lipinski definition) is 8. The van der Waals surface area contributed by atoms with Gasteiger partial charge in [-0.2, -0.15) is 4.31 Å². The number of nitrogens with zero attached hydrogens (tertiary/aromatic N) is 2. The predicted molar refractivity (Wildman–Crippen MR) is 106 cm³/mol. The van der Waals surface area contributed by atoms with Crippen LogP contribution in [0.3, 0.4) is 0 Å². The van der Waals surface area contributed by atoms with Crippen LogP contribution in [-0.2, 0) is 29.1 Å². The Morgan fingerprint density at radius 1 is 1.27 bits per heavy atom. The average Bonchev–Trinajstić information content (AvgIpc) is 2.64. The molecule has 30 heavy (non-hydrogen) atoms. The highest BCUT2D eigenvalue weighted by molar-refractivity contribution is 7.89. The molecule has 0 amide bonds. The molecule has 0 aliphatic carbocycles. The molecule has 0 N–H and O–H groups in total. The second-order valence-electron chi connectivity index (χ2n) is 7.74. The van der Waals surface area contributed by atoms with Gasteiger partial charge in [0.2, 0.25) is 10.0 Å². The topological polar surface area (TPSA) is 133 Å². The fraction of sp³-hybridized carbons (Fsp3) is 0.556. The summed E-state index contributed by atoms with van der Waals surface area (Å²) in [5.74, 6) is -1.85. The van der Waals surface area contributed by atoms with Crippen molar-refractivity contribution in [2.45, 2.75) is 44.1 Å². The summed E-state index contributed by atoms with van der Waals surface area (Å²) in [6.07, 6.45) is 0.359. The van der Waals surface area contributed by atoms with Gasteiger partial charge in [-0.25, -0.2) is 13.2 Å². The summed E-state index contributed by atoms with van der Waals surface area (Å²) < 4.78 is 36.9. The Labute approximate surface area is 179 Å². The van der Waals surface area contributed by atoms with Gasteiger partial charge in [0.15, 0.2) is 6.61 Å². The summed E-state index contributed by atoms with van der Waals surface area (Å²) in [6, 6.07) is 3.19. The zero-order chi connectivity index (χ0) is 22.7. The summed E-state index contributed by atoms with van der Waals surface area (Å²) in [7, 11) is -4.07. The first kappa shape index (κ1) is 24.0. The second-order valence-corrected chi connectivity index (χ2v) is 10.1. The van der Waals surface area contributed by atoms with Gasteiger partial charge in [0.05, 0.1) is 15.9 Å². The molecule has 0 aromatic heterocycles. The minimum Gasteiger partial charge on any atom is -0.457 e. The minimum absolute atomic E-state index is 0.00750. The lowest BCUT2D eigenvalue weighted by Gasteiger charge is -2.30. The molecule has 0 saturated carbocycles. The maximum Gasteiger partial charge on any atom is 0.344 e. The average molecular weight is 463 g/mol. The molecule has 2 rings (SSSR count). The smallest absolute Gasteiger partial charge is 0.344 e. The van der Waals surface area contributed by atoms with Crippen molar-refractivity contribution in [3.05, 3.63) is 33.3 Å². The Morgan fingerprint density at radius 2 is 1.87 bits per heavy atom. The molecule has 1 aliphatic heterocycles. The Balaban J connectivity index is 1.98. The van der Waals surface area contributed by atoms with Crippen molar-refractivity contribution in [3.63, 3.8) is 0 Å². The summed E-state index contributed by atoms with van der Waals surface area (Å²) >= 11 is 5.95. The molecule has 1 heterocycles. The van der Waals surface area contributed by atoms with Crippen LogP contribution in [0.1, 0.15) is 33.6 Å². The molecule has 0 unspecified atom stereocenters. The third-order valence-corrected chi connectivity index (χ3v) is 6.66. The van der Waals surface area contributed by atoms with E-state index in [0.29, 0.717) is 0 Å². The molecular weight excluding hydrogens is 440 g/mol. The molecule has 1 aromatic rings. The number of halogens is 1. The van der Waals surface area contributed by atoms with E-state index in [1.807, 2.05) is 0 Å². The van der Waals surface area contributed by atoms with Crippen LogP contribution in [0.5, 0.6) is 0 Å². The highest BCUT2D eigenvalue weighted by Crippen LogP contribution is 2.31. The van der Waals surface area contributed by atoms with E-state index in [0.717, 1.165) is 22.5 Å². The third-order valence-electron chi connectivity index (χ3n) is 4.28. The van der Waals surface area contributed by atoms with Crippen molar-refractivity contribution in [3.8, 4) is 0 Å². The van der Waals surface area contributed by atoms with Crippen molar-refractivity contribution in [2.24, 2.45) is 5.92 Å². The lowest BCUT2D eigenvalue weighted by atomic mass is 9.98. The van der Waals surface area contributed by atoms with Crippen LogP contribution in [0.25, 0.3) is 0 Å². The SMILES string of the molecule is CC(C)(C)OC(=O)COC(=O)C1CCN(S(=O)(=O)c2cc([N+](=O)[O-])ccc2Cl)CC1. The Hall–Kier alpha value is -2.24. The van der Waals surface area contributed by atoms with Crippen LogP contribution in [0.4, 0.5) is 5.69 Å². The largest absolute Gasteiger partial charge is 0.457 e. The minimum atomic E-state index is -4.07. The Bertz CT molecular complexity index is 934. The van der Waals surface area contributed by atoms with Gasteiger partial charge in [0.1, 0.15) is 10.5 Å². The van der Waals surface area contributed by atoms with Crippen molar-refractivity contribution >= 4 is 39.3 Å². The highest BCUT2D eigenvalue weighted by Gasteiger charge is 2.35. The molecule has 0 bridgehead atoms. The van der Waals surface area contributed by atoms with Gasteiger partial charge < -0.3 is 9.47 Å². The Morgan fingerprint density at radius 3 is 2.40 bits per heavy atom. The fourth-order valence-corrected chi connectivity index (χ4v) is 4.86. The molecule has 1 aromatic carbocycles. The van der Waals surface area contributed by atoms with E-state index in [2.05, 4.69) is 0 Å². The van der Waals surface area contributed by atoms with E-state index in [1.54, 1.807) is 20.8 Å². The van der Waals surface area contributed by atoms with E-state index in [4.69, 9.17) is 21.1 Å². The maximum atomic E-state index is 12.8. The number of benzene rings is 1. The monoisotopic (exact) mass is 462 g/mol. The number of carbonyl (C=O) groups excluding carboxylic acids is 2. The van der Waals surface area contributed by atoms with Crippen molar-refractivity contribution < 1.29 is 32.4 Å². The molecule has 1 saturated heterocycles. The predicted octanol–water partition coefficient (Wildman–Crippen LogP) is 2.53. The standard InChI is InChI=1S/C18H23ClN2O8S/c1-18(2,3)29-16(22)11-28-17(23)12-6-8-20(9-7-12)30(26,27)15-10-13(21(24)25)4-5-14(15)19/h4-5,10,12H,6-9,11H2,1-3H3. The third kappa shape index (κ3) is 6.13. The summed E-state index contributed by atoms with van der Waals surface area (Å²) in [5, 5.41) is 10.8. The van der Waals surface area contributed by atoms with Gasteiger partial charge in [-0.3, -0.25) is 14.9 Å². The van der Waals surface area contributed by atoms with Crippen LogP contribution in [-0.4, -0.2) is 54.9 Å². The van der Waals surface area contributed by atoms with Gasteiger partial charge in [-0.05, 0) is 39.7 Å². The number of esters is 2. The van der Waals surface area contributed by atoms with Crippen LogP contribution in [0.2, 0.25) is 5.02 Å². The first-order valence-corrected chi connectivity index (χ1v) is 11.0. The lowest BCUT2D eigenvalue weighted by Crippen LogP contribution is -2.41. The quantitative estimate of drug-likeness (QED) is 0.357. The molecule has 0 radical (unpaired) electrons. The Kier molecular flexibility index (Phi) is 7.43. The number of rotatable bonds is 6. The van der Waals surface area contributed by atoms with Gasteiger partial charge in [-0.1, -0.05) is 11.6 Å². The first-order chi connectivity index (χ1) is 13.8. The number of ether oxygens (including phenoxy) is 2. The van der Waals surface area contributed by atoms with E-state index in [-0.39, 0.29) is 35.8 Å². The van der Waals surface area contributed by atoms with Gasteiger partial charge >= 0.3 is 11.9 Å². The van der Waals surface area contributed by atoms with E-state index in [1.165, 1.54) is 0 Å². The number of nitro groups is 1. The summed E-state index contributed by atoms with van der Waals surface area (Å²) in [6.45, 7) is 4.57. The number of carbonyl (C=O) groups is 2. The zero-order valence-corrected chi connectivity index (χ0v) is 18.4. The second kappa shape index (κ2) is 9.27. The van der Waals surface area contributed by atoms with Crippen LogP contribution < -0.4 is 0 Å². The molecule has 10 nitrogen and oxygen atoms in total. The fourth-order valence-electron chi connectivity index (χ4n) is 2.89. The normalized spacial score (nSPS) is 16.1. The van der Waals surface area contributed by atoms with Crippen molar-refractivity contribution in [2.75, 3.05) is 19.7 Å². The highest BCUT2D eigenvalue weighted by atomic mass is 35.5. The number of piperidine rings is 1. The van der Waals surface area contributed by atoms with Crippen LogP contribution in [0.15, 0.2) is 23.1 Å². The summed E-state index contributed by atoms with van der Waals surface area (Å²) in [5.41, 5.74) is -1.09. The van der Waals surface area contributed by atoms with Crippen molar-refractivity contribution in [1.82, 2.24) is 4.31 Å². The lowest BCUT2D eigenvalue weighted by molar-refractivity contribution is -0.385. The van der Waals surface area contributed by atoms with Gasteiger partial charge in [-0.15, -0.1) is 0 Å². The number of hydrogen-bond donors (Lipinski definition) is 0. The summed E-state index contributed by atoms with van der Waals surface area (Å²) in [4.78, 5) is 33.7. The van der Waals surface area contributed by atoms with Crippen LogP contribution >= 0.6 is 11.6 Å². The van der Waals surface area contributed by atoms with E-state index < -0.39 is 50.7 Å². The molecule has 0 atom stereocenters. The number of nitro benzene ring substituents is 1. The van der Waals surface area contributed by atoms with Crippen LogP contribution in [0, 0.1) is 16.0 Å². The maximum absolute atomic E-state index is 12.8. The number of non-ortho nitro benzene ring substituents is 1. The molecule has 1 aliphatic rings. The molecular formula is C18H23ClN2O8S. The van der Waals surface area contributed by atoms with Gasteiger partial charge in [0.25, 0.3) is 5.69 Å². The number of sulfonamides is 1. The molecule has 12 heteroatoms. The van der Waals surface area contributed by atoms with E-state index >= 15 is 0 Å². The first-order valence-electron chi connectivity index (χ1n) is 9.14.